The fraction of sp³-hybridized carbons (Fsp3) is 0.250. The van der Waals surface area contributed by atoms with Gasteiger partial charge in [-0.1, -0.05) is 0 Å². The molecule has 2 heterocycles. The van der Waals surface area contributed by atoms with Crippen molar-refractivity contribution in [3.05, 3.63) is 83.9 Å². The third-order valence-corrected chi connectivity index (χ3v) is 7.93. The van der Waals surface area contributed by atoms with Gasteiger partial charge in [-0.05, 0) is 85.5 Å². The van der Waals surface area contributed by atoms with Crippen LogP contribution < -0.4 is 5.32 Å². The van der Waals surface area contributed by atoms with Crippen molar-refractivity contribution in [1.82, 2.24) is 19.6 Å². The quantitative estimate of drug-likeness (QED) is 0.388. The second-order valence-corrected chi connectivity index (χ2v) is 11.5. The molecule has 1 N–H and O–H groups in total. The minimum absolute atomic E-state index is 0.0334. The average molecular weight is 537 g/mol. The van der Waals surface area contributed by atoms with Crippen LogP contribution in [-0.4, -0.2) is 54.5 Å². The molecular formula is C28H26F2N4O3S. The largest absolute Gasteiger partial charge is 0.352 e. The maximum Gasteiger partial charge on any atom is 0.251 e. The second-order valence-electron chi connectivity index (χ2n) is 9.48. The van der Waals surface area contributed by atoms with Crippen LogP contribution in [0.25, 0.3) is 33.5 Å². The second kappa shape index (κ2) is 10.5. The predicted molar refractivity (Wildman–Crippen MR) is 142 cm³/mol. The van der Waals surface area contributed by atoms with Gasteiger partial charge in [0.2, 0.25) is 10.0 Å². The third-order valence-electron chi connectivity index (χ3n) is 6.66. The number of rotatable bonds is 6. The van der Waals surface area contributed by atoms with Gasteiger partial charge in [-0.25, -0.2) is 31.5 Å². The predicted octanol–water partition coefficient (Wildman–Crippen LogP) is 4.64. The van der Waals surface area contributed by atoms with E-state index in [1.54, 1.807) is 42.5 Å². The van der Waals surface area contributed by atoms with E-state index in [2.05, 4.69) is 5.32 Å². The Bertz CT molecular complexity index is 1590. The van der Waals surface area contributed by atoms with Crippen molar-refractivity contribution in [2.24, 2.45) is 5.92 Å². The summed E-state index contributed by atoms with van der Waals surface area (Å²) in [6.07, 6.45) is 2.79. The highest BCUT2D eigenvalue weighted by Gasteiger charge is 2.26. The molecule has 196 valence electrons. The molecule has 4 aromatic rings. The SMILES string of the molecule is CS(=O)(=O)N1CCC[C@H](CNC(=O)c2ccc3nc(-c4ccc(F)cc4)c(-c4ccc(F)cc4)nc3c2)C1. The summed E-state index contributed by atoms with van der Waals surface area (Å²) < 4.78 is 52.4. The number of nitrogens with zero attached hydrogens (tertiary/aromatic N) is 3. The minimum Gasteiger partial charge on any atom is -0.352 e. The van der Waals surface area contributed by atoms with Crippen LogP contribution in [0.3, 0.4) is 0 Å². The Morgan fingerprint density at radius 2 is 1.50 bits per heavy atom. The molecule has 0 spiro atoms. The van der Waals surface area contributed by atoms with E-state index < -0.39 is 10.0 Å². The fourth-order valence-corrected chi connectivity index (χ4v) is 5.59. The lowest BCUT2D eigenvalue weighted by molar-refractivity contribution is 0.0941. The maximum absolute atomic E-state index is 13.6. The highest BCUT2D eigenvalue weighted by atomic mass is 32.2. The van der Waals surface area contributed by atoms with Crippen LogP contribution in [0.15, 0.2) is 66.7 Å². The summed E-state index contributed by atoms with van der Waals surface area (Å²) in [4.78, 5) is 22.5. The number of aromatic nitrogens is 2. The summed E-state index contributed by atoms with van der Waals surface area (Å²) in [5.41, 5.74) is 3.67. The molecule has 1 aromatic heterocycles. The number of sulfonamides is 1. The Morgan fingerprint density at radius 1 is 0.921 bits per heavy atom. The molecule has 1 fully saturated rings. The van der Waals surface area contributed by atoms with Crippen LogP contribution in [0.4, 0.5) is 8.78 Å². The summed E-state index contributed by atoms with van der Waals surface area (Å²) in [5.74, 6) is -1.02. The molecule has 1 atom stereocenters. The van der Waals surface area contributed by atoms with Gasteiger partial charge >= 0.3 is 0 Å². The van der Waals surface area contributed by atoms with E-state index >= 15 is 0 Å². The number of hydrogen-bond acceptors (Lipinski definition) is 5. The summed E-state index contributed by atoms with van der Waals surface area (Å²) >= 11 is 0. The highest BCUT2D eigenvalue weighted by Crippen LogP contribution is 2.31. The smallest absolute Gasteiger partial charge is 0.251 e. The van der Waals surface area contributed by atoms with E-state index in [-0.39, 0.29) is 23.5 Å². The fourth-order valence-electron chi connectivity index (χ4n) is 4.65. The Labute approximate surface area is 219 Å². The number of fused-ring (bicyclic) bond motifs is 1. The van der Waals surface area contributed by atoms with Crippen LogP contribution in [-0.2, 0) is 10.0 Å². The van der Waals surface area contributed by atoms with Gasteiger partial charge in [0, 0.05) is 36.3 Å². The summed E-state index contributed by atoms with van der Waals surface area (Å²) in [6, 6.07) is 16.7. The summed E-state index contributed by atoms with van der Waals surface area (Å²) in [7, 11) is -3.26. The first-order valence-electron chi connectivity index (χ1n) is 12.2. The number of nitrogens with one attached hydrogen (secondary N) is 1. The first-order valence-corrected chi connectivity index (χ1v) is 14.1. The molecule has 0 unspecified atom stereocenters. The normalized spacial score (nSPS) is 16.4. The van der Waals surface area contributed by atoms with Gasteiger partial charge < -0.3 is 5.32 Å². The van der Waals surface area contributed by atoms with Crippen molar-refractivity contribution in [2.45, 2.75) is 12.8 Å². The number of amides is 1. The van der Waals surface area contributed by atoms with Crippen molar-refractivity contribution in [1.29, 1.82) is 0 Å². The molecule has 1 aliphatic heterocycles. The molecule has 3 aromatic carbocycles. The Balaban J connectivity index is 1.43. The molecule has 0 radical (unpaired) electrons. The Hall–Kier alpha value is -3.76. The van der Waals surface area contributed by atoms with E-state index in [9.17, 15) is 22.0 Å². The zero-order valence-electron chi connectivity index (χ0n) is 20.7. The van der Waals surface area contributed by atoms with E-state index in [4.69, 9.17) is 9.97 Å². The third kappa shape index (κ3) is 5.71. The highest BCUT2D eigenvalue weighted by molar-refractivity contribution is 7.88. The van der Waals surface area contributed by atoms with Crippen molar-refractivity contribution in [3.63, 3.8) is 0 Å². The standard InChI is InChI=1S/C28H26F2N4O3S/c1-38(36,37)34-14-2-3-18(17-34)16-31-28(35)21-8-13-24-25(15-21)33-27(20-6-11-23(30)12-7-20)26(32-24)19-4-9-22(29)10-5-19/h4-13,15,18H,2-3,14,16-17H2,1H3,(H,31,35)/t18-/m1/s1. The Morgan fingerprint density at radius 3 is 2.08 bits per heavy atom. The lowest BCUT2D eigenvalue weighted by Crippen LogP contribution is -2.43. The first kappa shape index (κ1) is 25.9. The number of benzene rings is 3. The number of hydrogen-bond donors (Lipinski definition) is 1. The molecule has 0 bridgehead atoms. The Kier molecular flexibility index (Phi) is 7.18. The molecule has 0 saturated carbocycles. The van der Waals surface area contributed by atoms with Gasteiger partial charge in [0.05, 0.1) is 28.7 Å². The molecule has 1 saturated heterocycles. The number of carbonyl (C=O) groups is 1. The topological polar surface area (TPSA) is 92.3 Å². The summed E-state index contributed by atoms with van der Waals surface area (Å²) in [6.45, 7) is 1.25. The van der Waals surface area contributed by atoms with E-state index in [0.29, 0.717) is 58.7 Å². The van der Waals surface area contributed by atoms with Crippen molar-refractivity contribution in [3.8, 4) is 22.5 Å². The van der Waals surface area contributed by atoms with Crippen molar-refractivity contribution < 1.29 is 22.0 Å². The van der Waals surface area contributed by atoms with Gasteiger partial charge in [-0.2, -0.15) is 0 Å². The molecule has 38 heavy (non-hydrogen) atoms. The maximum atomic E-state index is 13.6. The van der Waals surface area contributed by atoms with E-state index in [1.165, 1.54) is 34.8 Å². The van der Waals surface area contributed by atoms with Crippen LogP contribution in [0.1, 0.15) is 23.2 Å². The summed E-state index contributed by atoms with van der Waals surface area (Å²) in [5, 5.41) is 2.91. The van der Waals surface area contributed by atoms with Crippen LogP contribution >= 0.6 is 0 Å². The van der Waals surface area contributed by atoms with Crippen LogP contribution in [0.2, 0.25) is 0 Å². The van der Waals surface area contributed by atoms with Crippen LogP contribution in [0, 0.1) is 17.6 Å². The number of halogens is 2. The molecule has 7 nitrogen and oxygen atoms in total. The minimum atomic E-state index is -3.26. The molecule has 1 amide bonds. The van der Waals surface area contributed by atoms with Crippen molar-refractivity contribution in [2.75, 3.05) is 25.9 Å². The lowest BCUT2D eigenvalue weighted by Gasteiger charge is -2.30. The molecular weight excluding hydrogens is 510 g/mol. The van der Waals surface area contributed by atoms with E-state index in [0.717, 1.165) is 12.8 Å². The number of piperidine rings is 1. The zero-order valence-corrected chi connectivity index (χ0v) is 21.5. The van der Waals surface area contributed by atoms with Gasteiger partial charge in [0.15, 0.2) is 0 Å². The first-order chi connectivity index (χ1) is 18.2. The van der Waals surface area contributed by atoms with Gasteiger partial charge in [-0.3, -0.25) is 4.79 Å². The molecule has 1 aliphatic rings. The lowest BCUT2D eigenvalue weighted by atomic mass is 9.99. The van der Waals surface area contributed by atoms with E-state index in [1.807, 2.05) is 0 Å². The van der Waals surface area contributed by atoms with Gasteiger partial charge in [-0.15, -0.1) is 0 Å². The molecule has 5 rings (SSSR count). The zero-order chi connectivity index (χ0) is 26.9. The molecule has 10 heteroatoms. The number of carbonyl (C=O) groups excluding carboxylic acids is 1. The van der Waals surface area contributed by atoms with Gasteiger partial charge in [0.25, 0.3) is 5.91 Å². The molecule has 0 aliphatic carbocycles. The van der Waals surface area contributed by atoms with Crippen molar-refractivity contribution >= 4 is 27.0 Å². The van der Waals surface area contributed by atoms with Crippen LogP contribution in [0.5, 0.6) is 0 Å². The van der Waals surface area contributed by atoms with Gasteiger partial charge in [0.1, 0.15) is 11.6 Å². The average Bonchev–Trinajstić information content (AvgIpc) is 2.91. The monoisotopic (exact) mass is 536 g/mol.